The lowest BCUT2D eigenvalue weighted by Crippen LogP contribution is -2.11. The van der Waals surface area contributed by atoms with Gasteiger partial charge in [0, 0.05) is 25.4 Å². The van der Waals surface area contributed by atoms with Gasteiger partial charge in [-0.2, -0.15) is 0 Å². The van der Waals surface area contributed by atoms with E-state index in [1.165, 1.54) is 0 Å². The molecule has 1 rings (SSSR count). The molecular formula is C7H13N3O. The Bertz CT molecular complexity index is 232. The van der Waals surface area contributed by atoms with E-state index >= 15 is 0 Å². The van der Waals surface area contributed by atoms with Gasteiger partial charge in [-0.05, 0) is 6.92 Å². The van der Waals surface area contributed by atoms with Crippen LogP contribution in [-0.4, -0.2) is 22.9 Å². The molecule has 0 radical (unpaired) electrons. The summed E-state index contributed by atoms with van der Waals surface area (Å²) >= 11 is 0. The van der Waals surface area contributed by atoms with Crippen molar-refractivity contribution in [3.8, 4) is 5.88 Å². The van der Waals surface area contributed by atoms with Crippen molar-refractivity contribution < 1.29 is 4.74 Å². The van der Waals surface area contributed by atoms with E-state index in [9.17, 15) is 0 Å². The summed E-state index contributed by atoms with van der Waals surface area (Å²) < 4.78 is 6.97. The molecule has 0 atom stereocenters. The van der Waals surface area contributed by atoms with E-state index in [0.717, 1.165) is 5.56 Å². The van der Waals surface area contributed by atoms with Gasteiger partial charge in [0.15, 0.2) is 0 Å². The highest BCUT2D eigenvalue weighted by atomic mass is 16.5. The van der Waals surface area contributed by atoms with Crippen molar-refractivity contribution in [2.24, 2.45) is 12.8 Å². The highest BCUT2D eigenvalue weighted by Crippen LogP contribution is 2.12. The van der Waals surface area contributed by atoms with Crippen molar-refractivity contribution in [1.29, 1.82) is 0 Å². The minimum Gasteiger partial charge on any atom is -0.475 e. The minimum atomic E-state index is 0.524. The fourth-order valence-electron chi connectivity index (χ4n) is 0.885. The van der Waals surface area contributed by atoms with Crippen LogP contribution < -0.4 is 10.5 Å². The van der Waals surface area contributed by atoms with Gasteiger partial charge in [-0.25, -0.2) is 0 Å². The molecule has 0 aliphatic rings. The summed E-state index contributed by atoms with van der Waals surface area (Å²) in [4.78, 5) is 0. The Morgan fingerprint density at radius 3 is 2.91 bits per heavy atom. The second-order valence-corrected chi connectivity index (χ2v) is 2.43. The Balaban J connectivity index is 2.62. The van der Waals surface area contributed by atoms with Crippen molar-refractivity contribution in [3.63, 3.8) is 0 Å². The lowest BCUT2D eigenvalue weighted by Gasteiger charge is -1.99. The molecule has 0 spiro atoms. The standard InChI is InChI=1S/C7H13N3O/c1-6-5-10(2)9-7(6)11-4-3-8/h5H,3-4,8H2,1-2H3. The zero-order chi connectivity index (χ0) is 8.27. The quantitative estimate of drug-likeness (QED) is 0.671. The van der Waals surface area contributed by atoms with Crippen molar-refractivity contribution in [1.82, 2.24) is 9.78 Å². The predicted octanol–water partition coefficient (Wildman–Crippen LogP) is 0.0660. The van der Waals surface area contributed by atoms with Crippen LogP contribution in [0.1, 0.15) is 5.56 Å². The number of nitrogens with zero attached hydrogens (tertiary/aromatic N) is 2. The number of ether oxygens (including phenoxy) is 1. The highest BCUT2D eigenvalue weighted by molar-refractivity contribution is 5.20. The number of aryl methyl sites for hydroxylation is 2. The maximum atomic E-state index is 5.27. The maximum Gasteiger partial charge on any atom is 0.235 e. The van der Waals surface area contributed by atoms with Crippen LogP contribution in [0.25, 0.3) is 0 Å². The molecular weight excluding hydrogens is 142 g/mol. The average molecular weight is 155 g/mol. The summed E-state index contributed by atoms with van der Waals surface area (Å²) in [6.45, 7) is 3.01. The molecule has 1 aromatic heterocycles. The van der Waals surface area contributed by atoms with E-state index in [0.29, 0.717) is 19.0 Å². The molecule has 0 amide bonds. The second-order valence-electron chi connectivity index (χ2n) is 2.43. The molecule has 62 valence electrons. The van der Waals surface area contributed by atoms with Crippen molar-refractivity contribution in [3.05, 3.63) is 11.8 Å². The Labute approximate surface area is 66.0 Å². The monoisotopic (exact) mass is 155 g/mol. The third-order valence-electron chi connectivity index (χ3n) is 1.32. The molecule has 4 nitrogen and oxygen atoms in total. The van der Waals surface area contributed by atoms with Crippen LogP contribution >= 0.6 is 0 Å². The smallest absolute Gasteiger partial charge is 0.235 e. The van der Waals surface area contributed by atoms with Crippen LogP contribution in [0.4, 0.5) is 0 Å². The molecule has 1 heterocycles. The highest BCUT2D eigenvalue weighted by Gasteiger charge is 2.02. The largest absolute Gasteiger partial charge is 0.475 e. The average Bonchev–Trinajstić information content (AvgIpc) is 2.26. The fraction of sp³-hybridized carbons (Fsp3) is 0.571. The molecule has 1 aromatic rings. The topological polar surface area (TPSA) is 53.1 Å². The molecule has 0 unspecified atom stereocenters. The lowest BCUT2D eigenvalue weighted by atomic mass is 10.4. The summed E-state index contributed by atoms with van der Waals surface area (Å²) in [7, 11) is 1.86. The number of hydrogen-bond acceptors (Lipinski definition) is 3. The van der Waals surface area contributed by atoms with E-state index < -0.39 is 0 Å². The summed E-state index contributed by atoms with van der Waals surface area (Å²) in [6.07, 6.45) is 1.91. The van der Waals surface area contributed by atoms with Gasteiger partial charge < -0.3 is 10.5 Å². The fourth-order valence-corrected chi connectivity index (χ4v) is 0.885. The third-order valence-corrected chi connectivity index (χ3v) is 1.32. The van der Waals surface area contributed by atoms with E-state index in [4.69, 9.17) is 10.5 Å². The lowest BCUT2D eigenvalue weighted by molar-refractivity contribution is 0.310. The summed E-state index contributed by atoms with van der Waals surface area (Å²) in [6, 6.07) is 0. The minimum absolute atomic E-state index is 0.524. The van der Waals surface area contributed by atoms with Gasteiger partial charge in [-0.3, -0.25) is 4.68 Å². The molecule has 0 aromatic carbocycles. The molecule has 0 bridgehead atoms. The van der Waals surface area contributed by atoms with Crippen LogP contribution in [-0.2, 0) is 7.05 Å². The number of hydrogen-bond donors (Lipinski definition) is 1. The van der Waals surface area contributed by atoms with Gasteiger partial charge in [0.1, 0.15) is 6.61 Å². The van der Waals surface area contributed by atoms with E-state index in [1.54, 1.807) is 4.68 Å². The van der Waals surface area contributed by atoms with Gasteiger partial charge in [-0.15, -0.1) is 5.10 Å². The first-order valence-electron chi connectivity index (χ1n) is 3.57. The molecule has 2 N–H and O–H groups in total. The SMILES string of the molecule is Cc1cn(C)nc1OCCN. The van der Waals surface area contributed by atoms with Gasteiger partial charge >= 0.3 is 0 Å². The van der Waals surface area contributed by atoms with Gasteiger partial charge in [0.25, 0.3) is 0 Å². The zero-order valence-electron chi connectivity index (χ0n) is 6.87. The Morgan fingerprint density at radius 1 is 1.73 bits per heavy atom. The normalized spacial score (nSPS) is 10.1. The summed E-state index contributed by atoms with van der Waals surface area (Å²) in [5.74, 6) is 0.679. The zero-order valence-corrected chi connectivity index (χ0v) is 6.87. The van der Waals surface area contributed by atoms with E-state index in [2.05, 4.69) is 5.10 Å². The van der Waals surface area contributed by atoms with Crippen LogP contribution in [0.15, 0.2) is 6.20 Å². The van der Waals surface area contributed by atoms with Crippen LogP contribution in [0.5, 0.6) is 5.88 Å². The maximum absolute atomic E-state index is 5.27. The van der Waals surface area contributed by atoms with Gasteiger partial charge in [0.05, 0.1) is 0 Å². The van der Waals surface area contributed by atoms with Gasteiger partial charge in [-0.1, -0.05) is 0 Å². The predicted molar refractivity (Wildman–Crippen MR) is 42.5 cm³/mol. The molecule has 4 heteroatoms. The summed E-state index contributed by atoms with van der Waals surface area (Å²) in [5.41, 5.74) is 6.32. The molecule has 0 aliphatic carbocycles. The first kappa shape index (κ1) is 8.07. The van der Waals surface area contributed by atoms with Crippen molar-refractivity contribution in [2.75, 3.05) is 13.2 Å². The number of nitrogens with two attached hydrogens (primary N) is 1. The molecule has 0 saturated heterocycles. The number of rotatable bonds is 3. The van der Waals surface area contributed by atoms with E-state index in [-0.39, 0.29) is 0 Å². The molecule has 0 saturated carbocycles. The third kappa shape index (κ3) is 1.94. The number of aromatic nitrogens is 2. The Morgan fingerprint density at radius 2 is 2.45 bits per heavy atom. The second kappa shape index (κ2) is 3.39. The molecule has 0 fully saturated rings. The Hall–Kier alpha value is -1.03. The van der Waals surface area contributed by atoms with Crippen LogP contribution in [0.3, 0.4) is 0 Å². The first-order chi connectivity index (χ1) is 5.24. The van der Waals surface area contributed by atoms with Crippen molar-refractivity contribution in [2.45, 2.75) is 6.92 Å². The van der Waals surface area contributed by atoms with Gasteiger partial charge in [0.2, 0.25) is 5.88 Å². The van der Waals surface area contributed by atoms with E-state index in [1.807, 2.05) is 20.2 Å². The van der Waals surface area contributed by atoms with Crippen LogP contribution in [0.2, 0.25) is 0 Å². The van der Waals surface area contributed by atoms with Crippen LogP contribution in [0, 0.1) is 6.92 Å². The Kier molecular flexibility index (Phi) is 2.48. The summed E-state index contributed by atoms with van der Waals surface area (Å²) in [5, 5.41) is 4.09. The van der Waals surface area contributed by atoms with Crippen molar-refractivity contribution >= 4 is 0 Å². The first-order valence-corrected chi connectivity index (χ1v) is 3.57. The molecule has 11 heavy (non-hydrogen) atoms. The molecule has 0 aliphatic heterocycles.